The lowest BCUT2D eigenvalue weighted by Crippen LogP contribution is -2.44. The first-order chi connectivity index (χ1) is 11.0. The largest absolute Gasteiger partial charge is 0.310 e. The highest BCUT2D eigenvalue weighted by atomic mass is 32.1. The SMILES string of the molecule is Cc1ccc(C(=O)C(=O)NNC(=O)c2cc3c(s2)CCC3)cc1. The smallest absolute Gasteiger partial charge is 0.283 e. The van der Waals surface area contributed by atoms with E-state index in [2.05, 4.69) is 10.9 Å². The fourth-order valence-corrected chi connectivity index (χ4v) is 3.66. The Balaban J connectivity index is 1.58. The van der Waals surface area contributed by atoms with Gasteiger partial charge in [0.15, 0.2) is 0 Å². The third-order valence-electron chi connectivity index (χ3n) is 3.78. The second kappa shape index (κ2) is 6.34. The molecule has 23 heavy (non-hydrogen) atoms. The summed E-state index contributed by atoms with van der Waals surface area (Å²) in [6.45, 7) is 1.90. The van der Waals surface area contributed by atoms with Crippen LogP contribution in [0.15, 0.2) is 30.3 Å². The number of Topliss-reactive ketones (excluding diaryl/α,β-unsaturated/α-hetero) is 1. The Morgan fingerprint density at radius 3 is 2.48 bits per heavy atom. The molecule has 1 aromatic heterocycles. The molecule has 1 aromatic carbocycles. The van der Waals surface area contributed by atoms with Crippen molar-refractivity contribution in [2.24, 2.45) is 0 Å². The van der Waals surface area contributed by atoms with Crippen molar-refractivity contribution in [3.8, 4) is 0 Å². The summed E-state index contributed by atoms with van der Waals surface area (Å²) in [5.41, 5.74) is 6.98. The molecular weight excluding hydrogens is 312 g/mol. The highest BCUT2D eigenvalue weighted by Gasteiger charge is 2.20. The van der Waals surface area contributed by atoms with E-state index >= 15 is 0 Å². The molecule has 3 rings (SSSR count). The van der Waals surface area contributed by atoms with Crippen molar-refractivity contribution in [3.05, 3.63) is 56.8 Å². The van der Waals surface area contributed by atoms with Gasteiger partial charge in [-0.25, -0.2) is 0 Å². The van der Waals surface area contributed by atoms with E-state index in [9.17, 15) is 14.4 Å². The van der Waals surface area contributed by atoms with E-state index in [0.29, 0.717) is 4.88 Å². The number of rotatable bonds is 3. The molecular formula is C17H16N2O3S. The zero-order valence-electron chi connectivity index (χ0n) is 12.6. The average Bonchev–Trinajstić information content (AvgIpc) is 3.14. The van der Waals surface area contributed by atoms with Crippen LogP contribution in [0.2, 0.25) is 0 Å². The van der Waals surface area contributed by atoms with E-state index in [1.165, 1.54) is 21.8 Å². The summed E-state index contributed by atoms with van der Waals surface area (Å²) >= 11 is 1.44. The van der Waals surface area contributed by atoms with E-state index in [1.54, 1.807) is 24.3 Å². The van der Waals surface area contributed by atoms with Gasteiger partial charge in [-0.2, -0.15) is 0 Å². The summed E-state index contributed by atoms with van der Waals surface area (Å²) in [6.07, 6.45) is 3.13. The molecule has 0 saturated carbocycles. The van der Waals surface area contributed by atoms with Crippen LogP contribution in [0.4, 0.5) is 0 Å². The molecule has 0 atom stereocenters. The summed E-state index contributed by atoms with van der Waals surface area (Å²) in [4.78, 5) is 37.6. The van der Waals surface area contributed by atoms with Crippen LogP contribution in [0.5, 0.6) is 0 Å². The number of hydrogen-bond acceptors (Lipinski definition) is 4. The lowest BCUT2D eigenvalue weighted by molar-refractivity contribution is -0.117. The number of thiophene rings is 1. The number of ketones is 1. The highest BCUT2D eigenvalue weighted by Crippen LogP contribution is 2.30. The summed E-state index contributed by atoms with van der Waals surface area (Å²) in [7, 11) is 0. The average molecular weight is 328 g/mol. The molecule has 2 amide bonds. The van der Waals surface area contributed by atoms with Crippen LogP contribution in [0.25, 0.3) is 0 Å². The summed E-state index contributed by atoms with van der Waals surface area (Å²) in [5, 5.41) is 0. The monoisotopic (exact) mass is 328 g/mol. The Hall–Kier alpha value is -2.47. The van der Waals surface area contributed by atoms with Gasteiger partial charge in [0.25, 0.3) is 11.7 Å². The molecule has 6 heteroatoms. The van der Waals surface area contributed by atoms with Crippen LogP contribution in [-0.4, -0.2) is 17.6 Å². The zero-order valence-corrected chi connectivity index (χ0v) is 13.5. The number of hydrazine groups is 1. The maximum absolute atomic E-state index is 12.0. The quantitative estimate of drug-likeness (QED) is 0.515. The van der Waals surface area contributed by atoms with Crippen molar-refractivity contribution in [3.63, 3.8) is 0 Å². The summed E-state index contributed by atoms with van der Waals surface area (Å²) < 4.78 is 0. The van der Waals surface area contributed by atoms with Gasteiger partial charge in [0.2, 0.25) is 0 Å². The van der Waals surface area contributed by atoms with Crippen molar-refractivity contribution in [2.45, 2.75) is 26.2 Å². The fraction of sp³-hybridized carbons (Fsp3) is 0.235. The first-order valence-electron chi connectivity index (χ1n) is 7.38. The van der Waals surface area contributed by atoms with Gasteiger partial charge >= 0.3 is 5.91 Å². The van der Waals surface area contributed by atoms with Crippen molar-refractivity contribution in [2.75, 3.05) is 0 Å². The van der Waals surface area contributed by atoms with Crippen LogP contribution in [0.1, 0.15) is 42.5 Å². The molecule has 0 spiro atoms. The third kappa shape index (κ3) is 3.32. The van der Waals surface area contributed by atoms with E-state index < -0.39 is 17.6 Å². The Morgan fingerprint density at radius 2 is 1.78 bits per heavy atom. The minimum absolute atomic E-state index is 0.289. The number of carbonyl (C=O) groups excluding carboxylic acids is 3. The molecule has 0 aliphatic heterocycles. The van der Waals surface area contributed by atoms with Crippen LogP contribution >= 0.6 is 11.3 Å². The summed E-state index contributed by atoms with van der Waals surface area (Å²) in [6, 6.07) is 8.54. The van der Waals surface area contributed by atoms with Crippen LogP contribution in [0.3, 0.4) is 0 Å². The lowest BCUT2D eigenvalue weighted by Gasteiger charge is -2.06. The molecule has 2 N–H and O–H groups in total. The Bertz CT molecular complexity index is 756. The Morgan fingerprint density at radius 1 is 1.04 bits per heavy atom. The standard InChI is InChI=1S/C17H16N2O3S/c1-10-5-7-11(8-6-10)15(20)17(22)19-18-16(21)14-9-12-3-2-4-13(12)23-14/h5-9H,2-4H2,1H3,(H,18,21)(H,19,22). The molecule has 5 nitrogen and oxygen atoms in total. The Labute approximate surface area is 137 Å². The van der Waals surface area contributed by atoms with Crippen molar-refractivity contribution >= 4 is 28.9 Å². The predicted molar refractivity (Wildman–Crippen MR) is 87.5 cm³/mol. The number of nitrogens with one attached hydrogen (secondary N) is 2. The van der Waals surface area contributed by atoms with Gasteiger partial charge in [-0.15, -0.1) is 11.3 Å². The number of fused-ring (bicyclic) bond motifs is 1. The predicted octanol–water partition coefficient (Wildman–Crippen LogP) is 2.19. The number of benzene rings is 1. The van der Waals surface area contributed by atoms with Gasteiger partial charge in [0, 0.05) is 10.4 Å². The maximum atomic E-state index is 12.0. The Kier molecular flexibility index (Phi) is 4.25. The van der Waals surface area contributed by atoms with Gasteiger partial charge < -0.3 is 0 Å². The molecule has 0 saturated heterocycles. The third-order valence-corrected chi connectivity index (χ3v) is 5.02. The van der Waals surface area contributed by atoms with Crippen LogP contribution in [-0.2, 0) is 17.6 Å². The second-order valence-electron chi connectivity index (χ2n) is 5.52. The van der Waals surface area contributed by atoms with Crippen molar-refractivity contribution < 1.29 is 14.4 Å². The molecule has 0 bridgehead atoms. The maximum Gasteiger partial charge on any atom is 0.310 e. The molecule has 1 aliphatic rings. The second-order valence-corrected chi connectivity index (χ2v) is 6.65. The van der Waals surface area contributed by atoms with Gasteiger partial charge in [-0.1, -0.05) is 29.8 Å². The molecule has 1 heterocycles. The number of hydrogen-bond donors (Lipinski definition) is 2. The summed E-state index contributed by atoms with van der Waals surface area (Å²) in [5.74, 6) is -1.93. The minimum Gasteiger partial charge on any atom is -0.283 e. The molecule has 118 valence electrons. The minimum atomic E-state index is -0.855. The van der Waals surface area contributed by atoms with Crippen LogP contribution in [0, 0.1) is 6.92 Å². The molecule has 0 fully saturated rings. The molecule has 1 aliphatic carbocycles. The van der Waals surface area contributed by atoms with Gasteiger partial charge in [0.1, 0.15) is 0 Å². The topological polar surface area (TPSA) is 75.3 Å². The lowest BCUT2D eigenvalue weighted by atomic mass is 10.1. The first kappa shape index (κ1) is 15.4. The van der Waals surface area contributed by atoms with Crippen LogP contribution < -0.4 is 10.9 Å². The van der Waals surface area contributed by atoms with Gasteiger partial charge in [-0.05, 0) is 37.8 Å². The van der Waals surface area contributed by atoms with E-state index in [-0.39, 0.29) is 5.56 Å². The van der Waals surface area contributed by atoms with Crippen molar-refractivity contribution in [1.29, 1.82) is 0 Å². The first-order valence-corrected chi connectivity index (χ1v) is 8.19. The van der Waals surface area contributed by atoms with Gasteiger partial charge in [0.05, 0.1) is 4.88 Å². The van der Waals surface area contributed by atoms with E-state index in [1.807, 2.05) is 13.0 Å². The fourth-order valence-electron chi connectivity index (χ4n) is 2.51. The van der Waals surface area contributed by atoms with E-state index in [4.69, 9.17) is 0 Å². The number of amides is 2. The van der Waals surface area contributed by atoms with Gasteiger partial charge in [-0.3, -0.25) is 25.2 Å². The highest BCUT2D eigenvalue weighted by molar-refractivity contribution is 7.14. The molecule has 0 unspecified atom stereocenters. The molecule has 0 radical (unpaired) electrons. The zero-order chi connectivity index (χ0) is 16.4. The number of carbonyl (C=O) groups is 3. The normalized spacial score (nSPS) is 12.6. The van der Waals surface area contributed by atoms with E-state index in [0.717, 1.165) is 24.8 Å². The molecule has 2 aromatic rings. The number of aryl methyl sites for hydroxylation is 3. The van der Waals surface area contributed by atoms with Crippen molar-refractivity contribution in [1.82, 2.24) is 10.9 Å².